The number of rotatable bonds is 7. The molecule has 0 aliphatic rings. The molecule has 0 bridgehead atoms. The van der Waals surface area contributed by atoms with Crippen LogP contribution >= 0.6 is 10.0 Å². The summed E-state index contributed by atoms with van der Waals surface area (Å²) < 4.78 is 1.37. The van der Waals surface area contributed by atoms with E-state index in [1.165, 1.54) is 48.9 Å². The number of hydrogen-bond donors (Lipinski definition) is 0. The normalized spacial score (nSPS) is 11.9. The summed E-state index contributed by atoms with van der Waals surface area (Å²) in [5.74, 6) is 1.85. The van der Waals surface area contributed by atoms with Gasteiger partial charge >= 0.3 is 207 Å². The number of hydrogen-bond acceptors (Lipinski definition) is 0. The van der Waals surface area contributed by atoms with E-state index >= 15 is 0 Å². The molecule has 0 aliphatic carbocycles. The molecular weight excluding hydrogens is 468 g/mol. The Morgan fingerprint density at radius 1 is 0.500 bits per heavy atom. The second-order valence-electron chi connectivity index (χ2n) is 10.1. The van der Waals surface area contributed by atoms with E-state index in [0.717, 1.165) is 0 Å². The Kier molecular flexibility index (Phi) is 8.33. The third-order valence-electron chi connectivity index (χ3n) is 6.44. The van der Waals surface area contributed by atoms with E-state index in [-0.39, 0.29) is 0 Å². The van der Waals surface area contributed by atoms with E-state index < -0.39 is 14.5 Å². The van der Waals surface area contributed by atoms with Crippen molar-refractivity contribution < 1.29 is 0 Å². The van der Waals surface area contributed by atoms with Crippen molar-refractivity contribution in [2.45, 2.75) is 79.1 Å². The monoisotopic (exact) mass is 506 g/mol. The molecule has 2 heteroatoms. The van der Waals surface area contributed by atoms with Gasteiger partial charge in [-0.1, -0.05) is 0 Å². The van der Waals surface area contributed by atoms with Gasteiger partial charge in [0.1, 0.15) is 0 Å². The van der Waals surface area contributed by atoms with Gasteiger partial charge in [0.25, 0.3) is 0 Å². The molecule has 0 aliphatic heterocycles. The van der Waals surface area contributed by atoms with Gasteiger partial charge in [-0.2, -0.15) is 0 Å². The first-order chi connectivity index (χ1) is 15.2. The van der Waals surface area contributed by atoms with E-state index in [9.17, 15) is 0 Å². The molecule has 3 aromatic rings. The van der Waals surface area contributed by atoms with Crippen LogP contribution in [0.1, 0.15) is 101 Å². The SMILES string of the molecule is CC(C)c1cccc(C(C)C)c1-c1cccc(-c2c(C(C)C)cccc2C(C)C)[c]1[Ge][Cl]. The van der Waals surface area contributed by atoms with Gasteiger partial charge < -0.3 is 0 Å². The van der Waals surface area contributed by atoms with Crippen molar-refractivity contribution in [2.24, 2.45) is 0 Å². The van der Waals surface area contributed by atoms with Crippen molar-refractivity contribution in [3.63, 3.8) is 0 Å². The van der Waals surface area contributed by atoms with Crippen LogP contribution in [-0.4, -0.2) is 14.5 Å². The Morgan fingerprint density at radius 3 is 1.03 bits per heavy atom. The predicted molar refractivity (Wildman–Crippen MR) is 145 cm³/mol. The maximum atomic E-state index is 6.89. The Hall–Kier alpha value is -1.51. The van der Waals surface area contributed by atoms with E-state index in [4.69, 9.17) is 10.0 Å². The van der Waals surface area contributed by atoms with E-state index in [0.29, 0.717) is 23.7 Å². The summed E-state index contributed by atoms with van der Waals surface area (Å²) in [6, 6.07) is 20.5. The zero-order valence-corrected chi connectivity index (χ0v) is 23.7. The summed E-state index contributed by atoms with van der Waals surface area (Å²) in [6.07, 6.45) is 0. The predicted octanol–water partition coefficient (Wildman–Crippen LogP) is 9.00. The van der Waals surface area contributed by atoms with Crippen LogP contribution in [-0.2, 0) is 0 Å². The molecule has 0 saturated heterocycles. The van der Waals surface area contributed by atoms with Gasteiger partial charge in [-0.15, -0.1) is 0 Å². The molecule has 0 spiro atoms. The number of benzene rings is 3. The summed E-state index contributed by atoms with van der Waals surface area (Å²) >= 11 is -0.800. The summed E-state index contributed by atoms with van der Waals surface area (Å²) in [5.41, 5.74) is 11.2. The molecule has 0 amide bonds. The average molecular weight is 506 g/mol. The summed E-state index contributed by atoms with van der Waals surface area (Å²) in [4.78, 5) is 0. The van der Waals surface area contributed by atoms with Crippen molar-refractivity contribution >= 4 is 28.9 Å². The van der Waals surface area contributed by atoms with Gasteiger partial charge in [-0.25, -0.2) is 0 Å². The fourth-order valence-corrected chi connectivity index (χ4v) is 7.15. The maximum absolute atomic E-state index is 6.89. The summed E-state index contributed by atoms with van der Waals surface area (Å²) in [5, 5.41) is 0. The first kappa shape index (κ1) is 25.1. The standard InChI is InChI=1S/C30H37ClGe/c1-18(2)22-12-9-13-23(19(3)4)28(22)26-16-11-17-27(30(26)32-31)29-24(20(5)6)14-10-15-25(29)21(7)8/h9-21H,1-8H3. The molecule has 0 fully saturated rings. The minimum absolute atomic E-state index is 0.463. The molecule has 0 unspecified atom stereocenters. The van der Waals surface area contributed by atoms with Gasteiger partial charge in [0.2, 0.25) is 0 Å². The molecule has 168 valence electrons. The van der Waals surface area contributed by atoms with Crippen LogP contribution in [0.25, 0.3) is 22.3 Å². The van der Waals surface area contributed by atoms with Crippen LogP contribution in [0.3, 0.4) is 0 Å². The molecule has 0 atom stereocenters. The second-order valence-corrected chi connectivity index (χ2v) is 12.5. The molecular formula is C30H37ClGe. The van der Waals surface area contributed by atoms with E-state index in [1.807, 2.05) is 0 Å². The van der Waals surface area contributed by atoms with Gasteiger partial charge in [0.15, 0.2) is 0 Å². The zero-order chi connectivity index (χ0) is 23.6. The van der Waals surface area contributed by atoms with Crippen molar-refractivity contribution in [3.05, 3.63) is 76.9 Å². The first-order valence-electron chi connectivity index (χ1n) is 11.9. The quantitative estimate of drug-likeness (QED) is 0.281. The third-order valence-corrected chi connectivity index (χ3v) is 8.95. The van der Waals surface area contributed by atoms with Gasteiger partial charge in [-0.05, 0) is 0 Å². The molecule has 0 saturated carbocycles. The molecule has 2 radical (unpaired) electrons. The molecule has 0 heterocycles. The van der Waals surface area contributed by atoms with E-state index in [1.54, 1.807) is 0 Å². The summed E-state index contributed by atoms with van der Waals surface area (Å²) in [7, 11) is 6.89. The fraction of sp³-hybridized carbons (Fsp3) is 0.400. The molecule has 3 rings (SSSR count). The molecule has 0 aromatic heterocycles. The van der Waals surface area contributed by atoms with Crippen molar-refractivity contribution in [1.82, 2.24) is 0 Å². The second kappa shape index (κ2) is 10.6. The first-order valence-corrected chi connectivity index (χ1v) is 15.8. The Morgan fingerprint density at radius 2 is 0.781 bits per heavy atom. The topological polar surface area (TPSA) is 0 Å². The Balaban J connectivity index is 2.43. The molecule has 0 N–H and O–H groups in total. The van der Waals surface area contributed by atoms with Crippen LogP contribution in [0.15, 0.2) is 54.6 Å². The molecule has 0 nitrogen and oxygen atoms in total. The Bertz CT molecular complexity index is 942. The van der Waals surface area contributed by atoms with E-state index in [2.05, 4.69) is 110 Å². The van der Waals surface area contributed by atoms with Crippen LogP contribution in [0.5, 0.6) is 0 Å². The van der Waals surface area contributed by atoms with Crippen LogP contribution in [0.2, 0.25) is 0 Å². The number of halogens is 1. The van der Waals surface area contributed by atoms with Crippen molar-refractivity contribution in [2.75, 3.05) is 0 Å². The third kappa shape index (κ3) is 4.87. The van der Waals surface area contributed by atoms with Crippen LogP contribution < -0.4 is 4.40 Å². The average Bonchev–Trinajstić information content (AvgIpc) is 2.77. The minimum atomic E-state index is -0.800. The van der Waals surface area contributed by atoms with Crippen LogP contribution in [0.4, 0.5) is 0 Å². The van der Waals surface area contributed by atoms with Gasteiger partial charge in [0, 0.05) is 0 Å². The fourth-order valence-electron chi connectivity index (χ4n) is 4.79. The molecule has 3 aromatic carbocycles. The van der Waals surface area contributed by atoms with Gasteiger partial charge in [0.05, 0.1) is 0 Å². The zero-order valence-electron chi connectivity index (χ0n) is 20.9. The van der Waals surface area contributed by atoms with Crippen molar-refractivity contribution in [1.29, 1.82) is 0 Å². The van der Waals surface area contributed by atoms with Crippen LogP contribution in [0, 0.1) is 0 Å². The van der Waals surface area contributed by atoms with Gasteiger partial charge in [-0.3, -0.25) is 0 Å². The molecule has 32 heavy (non-hydrogen) atoms. The van der Waals surface area contributed by atoms with Crippen molar-refractivity contribution in [3.8, 4) is 22.3 Å². The Labute approximate surface area is 206 Å². The summed E-state index contributed by atoms with van der Waals surface area (Å²) in [6.45, 7) is 18.4.